The molecule has 0 spiro atoms. The number of carboxylic acids is 1. The van der Waals surface area contributed by atoms with Gasteiger partial charge in [-0.3, -0.25) is 24.0 Å². The van der Waals surface area contributed by atoms with Crippen LogP contribution in [0, 0.1) is 11.3 Å². The van der Waals surface area contributed by atoms with Crippen LogP contribution in [0.5, 0.6) is 5.75 Å². The average Bonchev–Trinajstić information content (AvgIpc) is 3.08. The first-order valence-electron chi connectivity index (χ1n) is 18.4. The summed E-state index contributed by atoms with van der Waals surface area (Å²) in [6.45, 7) is 14.8. The molecule has 306 valence electrons. The van der Waals surface area contributed by atoms with Gasteiger partial charge in [0, 0.05) is 33.3 Å². The molecule has 2 N–H and O–H groups in total. The molecule has 14 nitrogen and oxygen atoms in total. The minimum absolute atomic E-state index is 0.268. The summed E-state index contributed by atoms with van der Waals surface area (Å²) >= 11 is 0. The molecule has 1 amide bonds. The number of hydrogen-bond donors (Lipinski definition) is 2. The molecule has 1 aliphatic heterocycles. The van der Waals surface area contributed by atoms with Gasteiger partial charge in [0.2, 0.25) is 5.91 Å². The second-order valence-electron chi connectivity index (χ2n) is 15.4. The first-order chi connectivity index (χ1) is 26.0. The Morgan fingerprint density at radius 2 is 1.39 bits per heavy atom. The molecule has 3 rings (SSSR count). The standard InChI is InChI=1S/C42H55NO13/c1-23(2)18-30-21-33(51-11)32(35-37(54-26(5)46)38(55-27(6)47)36(53-25(4)45)34(56-35)22-52-24(3)44)20-31(30)19-29-14-12-28(13-15-29)16-17-41(7,8)39(48)43-42(9,10)40(49)50/h12-17,20-21,23,34-38H,18-19,22H2,1-11H3,(H,43,48)(H,49,50)/b17-16+/t34-,35+,36-,37+,38+/m1/s1. The maximum absolute atomic E-state index is 12.9. The van der Waals surface area contributed by atoms with E-state index in [1.807, 2.05) is 36.4 Å². The Morgan fingerprint density at radius 3 is 1.91 bits per heavy atom. The van der Waals surface area contributed by atoms with E-state index in [1.165, 1.54) is 41.7 Å². The minimum atomic E-state index is -1.42. The summed E-state index contributed by atoms with van der Waals surface area (Å²) in [5.74, 6) is -3.68. The SMILES string of the molecule is COc1cc(CC(C)C)c(Cc2ccc(/C=C/C(C)(C)C(=O)NC(C)(C)C(=O)O)cc2)cc1[C@@H]1O[C@H](COC(C)=O)[C@@H](OC(C)=O)[C@H](OC(C)=O)[C@H]1OC(C)=O. The lowest BCUT2D eigenvalue weighted by molar-refractivity contribution is -0.254. The molecular formula is C42H55NO13. The zero-order valence-corrected chi connectivity index (χ0v) is 34.1. The Bertz CT molecular complexity index is 1790. The lowest BCUT2D eigenvalue weighted by atomic mass is 9.86. The molecule has 1 heterocycles. The molecule has 2 aromatic carbocycles. The quantitative estimate of drug-likeness (QED) is 0.165. The molecule has 1 fully saturated rings. The summed E-state index contributed by atoms with van der Waals surface area (Å²) in [5.41, 5.74) is 1.71. The third-order valence-electron chi connectivity index (χ3n) is 9.09. The molecular weight excluding hydrogens is 726 g/mol. The highest BCUT2D eigenvalue weighted by Gasteiger charge is 2.53. The molecule has 0 aliphatic carbocycles. The number of carbonyl (C=O) groups is 6. The van der Waals surface area contributed by atoms with Gasteiger partial charge in [0.1, 0.15) is 30.1 Å². The Hall–Kier alpha value is -5.24. The Morgan fingerprint density at radius 1 is 0.821 bits per heavy atom. The largest absolute Gasteiger partial charge is 0.496 e. The molecule has 0 aromatic heterocycles. The maximum Gasteiger partial charge on any atom is 0.328 e. The van der Waals surface area contributed by atoms with Gasteiger partial charge in [0.25, 0.3) is 0 Å². The van der Waals surface area contributed by atoms with E-state index in [4.69, 9.17) is 28.4 Å². The van der Waals surface area contributed by atoms with Crippen molar-refractivity contribution >= 4 is 41.8 Å². The predicted molar refractivity (Wildman–Crippen MR) is 204 cm³/mol. The van der Waals surface area contributed by atoms with E-state index in [-0.39, 0.29) is 12.5 Å². The van der Waals surface area contributed by atoms with Gasteiger partial charge in [0.15, 0.2) is 18.3 Å². The van der Waals surface area contributed by atoms with Gasteiger partial charge in [0.05, 0.1) is 12.5 Å². The second kappa shape index (κ2) is 19.1. The zero-order chi connectivity index (χ0) is 42.1. The van der Waals surface area contributed by atoms with Crippen molar-refractivity contribution in [2.24, 2.45) is 11.3 Å². The van der Waals surface area contributed by atoms with Gasteiger partial charge in [-0.25, -0.2) is 4.79 Å². The highest BCUT2D eigenvalue weighted by molar-refractivity contribution is 5.90. The first kappa shape index (κ1) is 45.2. The molecule has 14 heteroatoms. The summed E-state index contributed by atoms with van der Waals surface area (Å²) in [7, 11) is 1.49. The summed E-state index contributed by atoms with van der Waals surface area (Å²) in [4.78, 5) is 73.5. The van der Waals surface area contributed by atoms with Crippen LogP contribution in [-0.4, -0.2) is 84.5 Å². The molecule has 0 bridgehead atoms. The van der Waals surface area contributed by atoms with Crippen LogP contribution >= 0.6 is 0 Å². The van der Waals surface area contributed by atoms with Crippen LogP contribution in [0.2, 0.25) is 0 Å². The number of amides is 1. The molecule has 0 saturated carbocycles. The number of carbonyl (C=O) groups excluding carboxylic acids is 5. The maximum atomic E-state index is 12.9. The van der Waals surface area contributed by atoms with Crippen molar-refractivity contribution in [2.75, 3.05) is 13.7 Å². The van der Waals surface area contributed by atoms with Gasteiger partial charge in [-0.05, 0) is 80.8 Å². The summed E-state index contributed by atoms with van der Waals surface area (Å²) in [6, 6.07) is 11.5. The van der Waals surface area contributed by atoms with E-state index in [0.29, 0.717) is 24.2 Å². The molecule has 2 aromatic rings. The van der Waals surface area contributed by atoms with E-state index >= 15 is 0 Å². The fourth-order valence-corrected chi connectivity index (χ4v) is 6.20. The van der Waals surface area contributed by atoms with Crippen molar-refractivity contribution < 1.29 is 62.3 Å². The van der Waals surface area contributed by atoms with E-state index < -0.39 is 77.2 Å². The van der Waals surface area contributed by atoms with E-state index in [2.05, 4.69) is 19.2 Å². The molecule has 0 radical (unpaired) electrons. The van der Waals surface area contributed by atoms with Crippen molar-refractivity contribution in [3.63, 3.8) is 0 Å². The van der Waals surface area contributed by atoms with Crippen LogP contribution in [0.4, 0.5) is 0 Å². The Kier molecular flexibility index (Phi) is 15.4. The van der Waals surface area contributed by atoms with Crippen LogP contribution in [0.25, 0.3) is 6.08 Å². The van der Waals surface area contributed by atoms with E-state index in [0.717, 1.165) is 29.2 Å². The Balaban J connectivity index is 2.09. The number of methoxy groups -OCH3 is 1. The number of ether oxygens (including phenoxy) is 6. The van der Waals surface area contributed by atoms with Crippen molar-refractivity contribution in [3.8, 4) is 5.75 Å². The monoisotopic (exact) mass is 781 g/mol. The summed E-state index contributed by atoms with van der Waals surface area (Å²) in [5, 5.41) is 12.0. The number of carboxylic acid groups (broad SMARTS) is 1. The minimum Gasteiger partial charge on any atom is -0.496 e. The van der Waals surface area contributed by atoms with Crippen LogP contribution in [0.15, 0.2) is 42.5 Å². The molecule has 1 aliphatic rings. The fourth-order valence-electron chi connectivity index (χ4n) is 6.20. The average molecular weight is 782 g/mol. The highest BCUT2D eigenvalue weighted by Crippen LogP contribution is 2.42. The van der Waals surface area contributed by atoms with Gasteiger partial charge in [-0.1, -0.05) is 50.3 Å². The van der Waals surface area contributed by atoms with Crippen molar-refractivity contribution in [1.29, 1.82) is 0 Å². The second-order valence-corrected chi connectivity index (χ2v) is 15.4. The van der Waals surface area contributed by atoms with Gasteiger partial charge >= 0.3 is 29.8 Å². The van der Waals surface area contributed by atoms with Crippen molar-refractivity contribution in [1.82, 2.24) is 5.32 Å². The number of esters is 4. The topological polar surface area (TPSA) is 190 Å². The van der Waals surface area contributed by atoms with Crippen LogP contribution < -0.4 is 10.1 Å². The number of nitrogens with one attached hydrogen (secondary N) is 1. The fraction of sp³-hybridized carbons (Fsp3) is 0.524. The predicted octanol–water partition coefficient (Wildman–Crippen LogP) is 5.30. The van der Waals surface area contributed by atoms with Gasteiger partial charge in [-0.15, -0.1) is 0 Å². The molecule has 1 saturated heterocycles. The number of hydrogen-bond acceptors (Lipinski definition) is 12. The lowest BCUT2D eigenvalue weighted by Gasteiger charge is -2.45. The summed E-state index contributed by atoms with van der Waals surface area (Å²) in [6.07, 6.45) is -1.53. The zero-order valence-electron chi connectivity index (χ0n) is 34.1. The van der Waals surface area contributed by atoms with Crippen molar-refractivity contribution in [3.05, 3.63) is 70.3 Å². The van der Waals surface area contributed by atoms with Gasteiger partial charge in [-0.2, -0.15) is 0 Å². The number of aliphatic carboxylic acids is 1. The molecule has 5 atom stereocenters. The lowest BCUT2D eigenvalue weighted by Crippen LogP contribution is -2.59. The van der Waals surface area contributed by atoms with Crippen LogP contribution in [-0.2, 0) is 65.3 Å². The number of rotatable bonds is 16. The normalized spacial score (nSPS) is 19.9. The summed E-state index contributed by atoms with van der Waals surface area (Å²) < 4.78 is 34.6. The smallest absolute Gasteiger partial charge is 0.328 e. The number of benzene rings is 2. The first-order valence-corrected chi connectivity index (χ1v) is 18.4. The Labute approximate surface area is 328 Å². The highest BCUT2D eigenvalue weighted by atomic mass is 16.7. The van der Waals surface area contributed by atoms with E-state index in [9.17, 15) is 33.9 Å². The third kappa shape index (κ3) is 12.4. The van der Waals surface area contributed by atoms with Crippen molar-refractivity contribution in [2.45, 2.75) is 118 Å². The van der Waals surface area contributed by atoms with Gasteiger partial charge < -0.3 is 38.8 Å². The molecule has 56 heavy (non-hydrogen) atoms. The van der Waals surface area contributed by atoms with E-state index in [1.54, 1.807) is 26.0 Å². The third-order valence-corrected chi connectivity index (χ3v) is 9.09. The van der Waals surface area contributed by atoms with Crippen LogP contribution in [0.1, 0.15) is 103 Å². The molecule has 0 unspecified atom stereocenters. The van der Waals surface area contributed by atoms with Crippen LogP contribution in [0.3, 0.4) is 0 Å².